The quantitative estimate of drug-likeness (QED) is 0.929. The molecule has 0 unspecified atom stereocenters. The predicted octanol–water partition coefficient (Wildman–Crippen LogP) is 3.34. The van der Waals surface area contributed by atoms with Crippen LogP contribution in [0.3, 0.4) is 0 Å². The van der Waals surface area contributed by atoms with Crippen molar-refractivity contribution in [3.05, 3.63) is 35.4 Å². The summed E-state index contributed by atoms with van der Waals surface area (Å²) in [5.41, 5.74) is 2.35. The Morgan fingerprint density at radius 2 is 2.00 bits per heavy atom. The molecule has 1 aromatic carbocycles. The van der Waals surface area contributed by atoms with E-state index in [0.29, 0.717) is 11.4 Å². The second kappa shape index (κ2) is 5.86. The first-order valence-corrected chi connectivity index (χ1v) is 6.49. The third kappa shape index (κ3) is 2.71. The van der Waals surface area contributed by atoms with Crippen LogP contribution in [0.1, 0.15) is 18.3 Å². The second-order valence-electron chi connectivity index (χ2n) is 4.47. The van der Waals surface area contributed by atoms with E-state index in [1.54, 1.807) is 12.1 Å². The molecule has 106 valence electrons. The van der Waals surface area contributed by atoms with Crippen LogP contribution < -0.4 is 10.1 Å². The molecule has 20 heavy (non-hydrogen) atoms. The summed E-state index contributed by atoms with van der Waals surface area (Å²) in [5, 5.41) is 3.19. The van der Waals surface area contributed by atoms with Crippen molar-refractivity contribution in [2.24, 2.45) is 0 Å². The normalized spacial score (nSPS) is 10.4. The Kier molecular flexibility index (Phi) is 4.17. The van der Waals surface area contributed by atoms with Crippen molar-refractivity contribution >= 4 is 5.82 Å². The molecule has 0 fully saturated rings. The van der Waals surface area contributed by atoms with Gasteiger partial charge < -0.3 is 10.1 Å². The minimum Gasteiger partial charge on any atom is -0.494 e. The van der Waals surface area contributed by atoms with Crippen LogP contribution in [0.4, 0.5) is 10.2 Å². The van der Waals surface area contributed by atoms with Gasteiger partial charge in [-0.05, 0) is 39.0 Å². The van der Waals surface area contributed by atoms with Crippen LogP contribution >= 0.6 is 0 Å². The van der Waals surface area contributed by atoms with Crippen molar-refractivity contribution in [3.8, 4) is 17.0 Å². The van der Waals surface area contributed by atoms with Gasteiger partial charge in [0.2, 0.25) is 0 Å². The average molecular weight is 275 g/mol. The van der Waals surface area contributed by atoms with Crippen LogP contribution in [0.5, 0.6) is 5.75 Å². The van der Waals surface area contributed by atoms with E-state index >= 15 is 0 Å². The number of nitrogens with zero attached hydrogens (tertiary/aromatic N) is 2. The highest BCUT2D eigenvalue weighted by Gasteiger charge is 2.12. The van der Waals surface area contributed by atoms with E-state index in [1.807, 2.05) is 20.8 Å². The smallest absolute Gasteiger partial charge is 0.165 e. The van der Waals surface area contributed by atoms with Gasteiger partial charge in [0, 0.05) is 17.7 Å². The topological polar surface area (TPSA) is 47.0 Å². The molecule has 1 N–H and O–H groups in total. The molecule has 5 heteroatoms. The van der Waals surface area contributed by atoms with Gasteiger partial charge in [-0.2, -0.15) is 0 Å². The highest BCUT2D eigenvalue weighted by atomic mass is 19.1. The molecular weight excluding hydrogens is 257 g/mol. The zero-order chi connectivity index (χ0) is 14.7. The van der Waals surface area contributed by atoms with Gasteiger partial charge in [-0.25, -0.2) is 14.4 Å². The van der Waals surface area contributed by atoms with Crippen molar-refractivity contribution in [3.63, 3.8) is 0 Å². The fourth-order valence-electron chi connectivity index (χ4n) is 2.06. The van der Waals surface area contributed by atoms with Crippen molar-refractivity contribution in [2.75, 3.05) is 19.0 Å². The minimum absolute atomic E-state index is 0.226. The summed E-state index contributed by atoms with van der Waals surface area (Å²) < 4.78 is 18.8. The van der Waals surface area contributed by atoms with E-state index in [9.17, 15) is 4.39 Å². The van der Waals surface area contributed by atoms with Crippen molar-refractivity contribution in [1.29, 1.82) is 0 Å². The van der Waals surface area contributed by atoms with Crippen molar-refractivity contribution < 1.29 is 9.13 Å². The van der Waals surface area contributed by atoms with Gasteiger partial charge in [0.15, 0.2) is 11.6 Å². The van der Waals surface area contributed by atoms with Gasteiger partial charge in [0.05, 0.1) is 12.8 Å². The summed E-state index contributed by atoms with van der Waals surface area (Å²) in [7, 11) is 1.45. The largest absolute Gasteiger partial charge is 0.494 e. The third-order valence-corrected chi connectivity index (χ3v) is 3.03. The zero-order valence-corrected chi connectivity index (χ0v) is 12.1. The standard InChI is InChI=1S/C15H18FN3O/c1-5-17-15-9(2)14(18-10(3)19-15)11-6-7-13(20-4)12(16)8-11/h6-8H,5H2,1-4H3,(H,17,18,19). The highest BCUT2D eigenvalue weighted by molar-refractivity contribution is 5.68. The Balaban J connectivity index is 2.54. The monoisotopic (exact) mass is 275 g/mol. The predicted molar refractivity (Wildman–Crippen MR) is 77.6 cm³/mol. The Morgan fingerprint density at radius 3 is 2.60 bits per heavy atom. The molecule has 0 aliphatic rings. The molecule has 0 radical (unpaired) electrons. The van der Waals surface area contributed by atoms with E-state index < -0.39 is 5.82 Å². The summed E-state index contributed by atoms with van der Waals surface area (Å²) in [5.74, 6) is 1.26. The van der Waals surface area contributed by atoms with Gasteiger partial charge in [0.25, 0.3) is 0 Å². The van der Waals surface area contributed by atoms with Crippen molar-refractivity contribution in [1.82, 2.24) is 9.97 Å². The molecule has 0 atom stereocenters. The number of aryl methyl sites for hydroxylation is 1. The van der Waals surface area contributed by atoms with Crippen LogP contribution in [-0.4, -0.2) is 23.6 Å². The molecule has 2 rings (SSSR count). The lowest BCUT2D eigenvalue weighted by atomic mass is 10.1. The molecule has 2 aromatic rings. The SMILES string of the molecule is CCNc1nc(C)nc(-c2ccc(OC)c(F)c2)c1C. The van der Waals surface area contributed by atoms with E-state index in [1.165, 1.54) is 13.2 Å². The fourth-order valence-corrected chi connectivity index (χ4v) is 2.06. The fraction of sp³-hybridized carbons (Fsp3) is 0.333. The van der Waals surface area contributed by atoms with Gasteiger partial charge >= 0.3 is 0 Å². The number of halogens is 1. The molecular formula is C15H18FN3O. The molecule has 0 amide bonds. The van der Waals surface area contributed by atoms with Gasteiger partial charge in [-0.3, -0.25) is 0 Å². The number of hydrogen-bond donors (Lipinski definition) is 1. The summed E-state index contributed by atoms with van der Waals surface area (Å²) in [6.07, 6.45) is 0. The first-order valence-electron chi connectivity index (χ1n) is 6.49. The molecule has 0 aliphatic heterocycles. The van der Waals surface area contributed by atoms with Crippen LogP contribution in [0.2, 0.25) is 0 Å². The number of aromatic nitrogens is 2. The van der Waals surface area contributed by atoms with Gasteiger partial charge in [-0.15, -0.1) is 0 Å². The van der Waals surface area contributed by atoms with Crippen LogP contribution in [0, 0.1) is 19.7 Å². The number of methoxy groups -OCH3 is 1. The zero-order valence-electron chi connectivity index (χ0n) is 12.1. The number of anilines is 1. The molecule has 1 aromatic heterocycles. The first kappa shape index (κ1) is 14.2. The van der Waals surface area contributed by atoms with E-state index in [0.717, 1.165) is 23.6 Å². The van der Waals surface area contributed by atoms with Crippen molar-refractivity contribution in [2.45, 2.75) is 20.8 Å². The molecule has 0 spiro atoms. The van der Waals surface area contributed by atoms with E-state index in [4.69, 9.17) is 4.74 Å². The van der Waals surface area contributed by atoms with Gasteiger partial charge in [-0.1, -0.05) is 0 Å². The Labute approximate surface area is 118 Å². The second-order valence-corrected chi connectivity index (χ2v) is 4.47. The number of ether oxygens (including phenoxy) is 1. The van der Waals surface area contributed by atoms with Crippen LogP contribution in [0.25, 0.3) is 11.3 Å². The van der Waals surface area contributed by atoms with Crippen LogP contribution in [0.15, 0.2) is 18.2 Å². The maximum absolute atomic E-state index is 13.8. The third-order valence-electron chi connectivity index (χ3n) is 3.03. The first-order chi connectivity index (χ1) is 9.56. The minimum atomic E-state index is -0.398. The van der Waals surface area contributed by atoms with E-state index in [-0.39, 0.29) is 5.75 Å². The Hall–Kier alpha value is -2.17. The highest BCUT2D eigenvalue weighted by Crippen LogP contribution is 2.29. The van der Waals surface area contributed by atoms with E-state index in [2.05, 4.69) is 15.3 Å². The molecule has 1 heterocycles. The molecule has 0 aliphatic carbocycles. The Bertz CT molecular complexity index is 629. The lowest BCUT2D eigenvalue weighted by Gasteiger charge is -2.12. The number of benzene rings is 1. The number of rotatable bonds is 4. The average Bonchev–Trinajstić information content (AvgIpc) is 2.42. The number of hydrogen-bond acceptors (Lipinski definition) is 4. The molecule has 0 saturated heterocycles. The maximum atomic E-state index is 13.8. The number of nitrogens with one attached hydrogen (secondary N) is 1. The summed E-state index contributed by atoms with van der Waals surface area (Å²) in [6.45, 7) is 6.52. The van der Waals surface area contributed by atoms with Crippen LogP contribution in [-0.2, 0) is 0 Å². The summed E-state index contributed by atoms with van der Waals surface area (Å²) in [6, 6.07) is 4.84. The molecule has 0 saturated carbocycles. The molecule has 0 bridgehead atoms. The Morgan fingerprint density at radius 1 is 1.25 bits per heavy atom. The summed E-state index contributed by atoms with van der Waals surface area (Å²) >= 11 is 0. The lowest BCUT2D eigenvalue weighted by molar-refractivity contribution is 0.386. The van der Waals surface area contributed by atoms with Gasteiger partial charge in [0.1, 0.15) is 11.6 Å². The summed E-state index contributed by atoms with van der Waals surface area (Å²) in [4.78, 5) is 8.79. The molecule has 4 nitrogen and oxygen atoms in total. The lowest BCUT2D eigenvalue weighted by Crippen LogP contribution is -2.06. The maximum Gasteiger partial charge on any atom is 0.165 e.